The van der Waals surface area contributed by atoms with Crippen molar-refractivity contribution in [3.05, 3.63) is 24.2 Å². The van der Waals surface area contributed by atoms with E-state index in [4.69, 9.17) is 15.2 Å². The first-order chi connectivity index (χ1) is 12.2. The van der Waals surface area contributed by atoms with Gasteiger partial charge < -0.3 is 15.2 Å². The Balaban J connectivity index is 1.35. The number of nitrogens with zero attached hydrogens (tertiary/aromatic N) is 3. The molecule has 2 fully saturated rings. The first-order valence-corrected chi connectivity index (χ1v) is 9.12. The van der Waals surface area contributed by atoms with Crippen LogP contribution in [-0.2, 0) is 14.3 Å². The molecule has 0 aromatic carbocycles. The van der Waals surface area contributed by atoms with Gasteiger partial charge in [0.15, 0.2) is 5.82 Å². The average molecular weight is 344 g/mol. The van der Waals surface area contributed by atoms with Gasteiger partial charge in [-0.2, -0.15) is 5.10 Å². The number of fused-ring (bicyclic) bond motifs is 1. The van der Waals surface area contributed by atoms with Crippen LogP contribution in [0, 0.1) is 5.92 Å². The zero-order valence-electron chi connectivity index (χ0n) is 14.3. The second-order valence-corrected chi connectivity index (χ2v) is 6.99. The fraction of sp³-hybridized carbons (Fsp3) is 0.611. The van der Waals surface area contributed by atoms with Gasteiger partial charge in [-0.1, -0.05) is 19.3 Å². The molecule has 1 aliphatic heterocycles. The van der Waals surface area contributed by atoms with Crippen molar-refractivity contribution < 1.29 is 14.3 Å². The van der Waals surface area contributed by atoms with Gasteiger partial charge in [0, 0.05) is 0 Å². The van der Waals surface area contributed by atoms with E-state index in [0.717, 1.165) is 49.7 Å². The molecule has 3 heterocycles. The van der Waals surface area contributed by atoms with Crippen LogP contribution in [0.3, 0.4) is 0 Å². The number of aromatic nitrogens is 3. The molecule has 134 valence electrons. The summed E-state index contributed by atoms with van der Waals surface area (Å²) in [4.78, 5) is 16.2. The normalized spacial score (nSPS) is 24.6. The summed E-state index contributed by atoms with van der Waals surface area (Å²) in [6, 6.07) is 3.88. The van der Waals surface area contributed by atoms with Crippen molar-refractivity contribution in [2.45, 2.75) is 57.2 Å². The maximum atomic E-state index is 12.2. The number of carbonyl (C=O) groups excluding carboxylic acids is 1. The molecule has 7 nitrogen and oxygen atoms in total. The van der Waals surface area contributed by atoms with Gasteiger partial charge in [-0.3, -0.25) is 4.79 Å². The number of nitrogens with two attached hydrogens (primary N) is 1. The van der Waals surface area contributed by atoms with E-state index in [2.05, 4.69) is 10.1 Å². The molecule has 1 saturated carbocycles. The van der Waals surface area contributed by atoms with Crippen molar-refractivity contribution in [1.29, 1.82) is 0 Å². The Labute approximate surface area is 146 Å². The molecule has 0 amide bonds. The fourth-order valence-corrected chi connectivity index (χ4v) is 3.89. The standard InChI is InChI=1S/C18H24N4O3/c19-17-15-8-7-14(22(15)21-11-20-17)16-9-6-13(25-16)10-24-18(23)12-4-2-1-3-5-12/h7-8,11-13,16H,1-6,9-10H2,(H2,19,20,21)/t13-,16+/m0/s1. The van der Waals surface area contributed by atoms with Crippen molar-refractivity contribution >= 4 is 17.3 Å². The lowest BCUT2D eigenvalue weighted by Gasteiger charge is -2.21. The second-order valence-electron chi connectivity index (χ2n) is 6.99. The molecule has 0 radical (unpaired) electrons. The zero-order valence-corrected chi connectivity index (χ0v) is 14.3. The summed E-state index contributed by atoms with van der Waals surface area (Å²) in [5.41, 5.74) is 7.63. The largest absolute Gasteiger partial charge is 0.463 e. The van der Waals surface area contributed by atoms with E-state index in [0.29, 0.717) is 12.4 Å². The van der Waals surface area contributed by atoms with Crippen molar-refractivity contribution in [3.63, 3.8) is 0 Å². The third-order valence-corrected chi connectivity index (χ3v) is 5.30. The maximum absolute atomic E-state index is 12.2. The molecule has 2 aromatic heterocycles. The first-order valence-electron chi connectivity index (χ1n) is 9.12. The van der Waals surface area contributed by atoms with E-state index in [1.807, 2.05) is 12.1 Å². The Kier molecular flexibility index (Phi) is 4.57. The van der Waals surface area contributed by atoms with Crippen LogP contribution in [0.15, 0.2) is 18.5 Å². The molecule has 7 heteroatoms. The zero-order chi connectivity index (χ0) is 17.2. The first kappa shape index (κ1) is 16.3. The summed E-state index contributed by atoms with van der Waals surface area (Å²) >= 11 is 0. The number of ether oxygens (including phenoxy) is 2. The Morgan fingerprint density at radius 2 is 2.08 bits per heavy atom. The summed E-state index contributed by atoms with van der Waals surface area (Å²) in [7, 11) is 0. The molecular formula is C18H24N4O3. The number of hydrogen-bond acceptors (Lipinski definition) is 6. The predicted octanol–water partition coefficient (Wildman–Crippen LogP) is 2.66. The lowest BCUT2D eigenvalue weighted by Crippen LogP contribution is -2.25. The van der Waals surface area contributed by atoms with E-state index < -0.39 is 0 Å². The van der Waals surface area contributed by atoms with Crippen molar-refractivity contribution in [2.24, 2.45) is 5.92 Å². The number of carbonyl (C=O) groups is 1. The van der Waals surface area contributed by atoms with Crippen LogP contribution in [0.1, 0.15) is 56.7 Å². The van der Waals surface area contributed by atoms with E-state index in [1.165, 1.54) is 12.7 Å². The highest BCUT2D eigenvalue weighted by molar-refractivity contribution is 5.72. The smallest absolute Gasteiger partial charge is 0.309 e. The van der Waals surface area contributed by atoms with E-state index >= 15 is 0 Å². The van der Waals surface area contributed by atoms with E-state index in [1.54, 1.807) is 4.52 Å². The molecule has 2 N–H and O–H groups in total. The van der Waals surface area contributed by atoms with E-state index in [9.17, 15) is 4.79 Å². The Bertz CT molecular complexity index is 754. The van der Waals surface area contributed by atoms with Crippen molar-refractivity contribution in [2.75, 3.05) is 12.3 Å². The van der Waals surface area contributed by atoms with E-state index in [-0.39, 0.29) is 24.1 Å². The molecule has 2 aromatic rings. The van der Waals surface area contributed by atoms with Gasteiger partial charge in [0.2, 0.25) is 0 Å². The Morgan fingerprint density at radius 1 is 1.24 bits per heavy atom. The minimum Gasteiger partial charge on any atom is -0.463 e. The van der Waals surface area contributed by atoms with Crippen molar-refractivity contribution in [3.8, 4) is 0 Å². The van der Waals surface area contributed by atoms with Gasteiger partial charge >= 0.3 is 5.97 Å². The van der Waals surface area contributed by atoms with Crippen molar-refractivity contribution in [1.82, 2.24) is 14.6 Å². The van der Waals surface area contributed by atoms with Gasteiger partial charge in [-0.25, -0.2) is 9.50 Å². The number of anilines is 1. The predicted molar refractivity (Wildman–Crippen MR) is 91.8 cm³/mol. The fourth-order valence-electron chi connectivity index (χ4n) is 3.89. The SMILES string of the molecule is Nc1ncnn2c([C@H]3CC[C@@H](COC(=O)C4CCCCC4)O3)ccc12. The van der Waals surface area contributed by atoms with Crippen LogP contribution in [0.2, 0.25) is 0 Å². The topological polar surface area (TPSA) is 91.7 Å². The number of esters is 1. The van der Waals surface area contributed by atoms with Crippen LogP contribution in [0.5, 0.6) is 0 Å². The lowest BCUT2D eigenvalue weighted by molar-refractivity contribution is -0.153. The van der Waals surface area contributed by atoms with Gasteiger partial charge in [-0.05, 0) is 37.8 Å². The molecule has 1 aliphatic carbocycles. The summed E-state index contributed by atoms with van der Waals surface area (Å²) in [5.74, 6) is 0.484. The molecule has 1 saturated heterocycles. The molecule has 2 atom stereocenters. The molecule has 0 bridgehead atoms. The number of rotatable bonds is 4. The average Bonchev–Trinajstić information content (AvgIpc) is 3.27. The van der Waals surface area contributed by atoms with Gasteiger partial charge in [0.25, 0.3) is 0 Å². The van der Waals surface area contributed by atoms with Gasteiger partial charge in [-0.15, -0.1) is 0 Å². The highest BCUT2D eigenvalue weighted by Crippen LogP contribution is 2.34. The monoisotopic (exact) mass is 344 g/mol. The number of hydrogen-bond donors (Lipinski definition) is 1. The maximum Gasteiger partial charge on any atom is 0.309 e. The second kappa shape index (κ2) is 7.00. The third kappa shape index (κ3) is 3.33. The van der Waals surface area contributed by atoms with Gasteiger partial charge in [0.1, 0.15) is 24.6 Å². The lowest BCUT2D eigenvalue weighted by atomic mass is 9.89. The number of nitrogen functional groups attached to an aromatic ring is 1. The minimum absolute atomic E-state index is 0.0534. The molecule has 0 unspecified atom stereocenters. The Hall–Kier alpha value is -2.15. The summed E-state index contributed by atoms with van der Waals surface area (Å²) in [5, 5.41) is 4.27. The summed E-state index contributed by atoms with van der Waals surface area (Å²) in [6.45, 7) is 0.340. The van der Waals surface area contributed by atoms with Crippen LogP contribution < -0.4 is 5.73 Å². The molecule has 0 spiro atoms. The summed E-state index contributed by atoms with van der Waals surface area (Å²) in [6.07, 6.45) is 8.51. The van der Waals surface area contributed by atoms with Crippen LogP contribution in [0.25, 0.3) is 5.52 Å². The highest BCUT2D eigenvalue weighted by atomic mass is 16.6. The minimum atomic E-state index is -0.0600. The quantitative estimate of drug-likeness (QED) is 0.857. The molecule has 25 heavy (non-hydrogen) atoms. The Morgan fingerprint density at radius 3 is 2.92 bits per heavy atom. The highest BCUT2D eigenvalue weighted by Gasteiger charge is 2.31. The van der Waals surface area contributed by atoms with Crippen LogP contribution in [-0.4, -0.2) is 33.3 Å². The van der Waals surface area contributed by atoms with Crippen LogP contribution >= 0.6 is 0 Å². The van der Waals surface area contributed by atoms with Crippen LogP contribution in [0.4, 0.5) is 5.82 Å². The van der Waals surface area contributed by atoms with Gasteiger partial charge in [0.05, 0.1) is 17.7 Å². The summed E-state index contributed by atoms with van der Waals surface area (Å²) < 4.78 is 13.4. The third-order valence-electron chi connectivity index (χ3n) is 5.30. The molecular weight excluding hydrogens is 320 g/mol. The molecule has 2 aliphatic rings. The molecule has 4 rings (SSSR count).